The number of hydrogen-bond acceptors (Lipinski definition) is 2. The van der Waals surface area contributed by atoms with Gasteiger partial charge in [-0.2, -0.15) is 0 Å². The van der Waals surface area contributed by atoms with Crippen LogP contribution in [0.25, 0.3) is 0 Å². The smallest absolute Gasteiger partial charge is 0.308 e. The summed E-state index contributed by atoms with van der Waals surface area (Å²) in [7, 11) is 0. The first-order valence-corrected chi connectivity index (χ1v) is 6.33. The maximum Gasteiger partial charge on any atom is 0.308 e. The molecule has 20 heavy (non-hydrogen) atoms. The normalized spacial score (nSPS) is 22.1. The molecule has 0 aliphatic carbocycles. The van der Waals surface area contributed by atoms with Gasteiger partial charge in [0.15, 0.2) is 0 Å². The van der Waals surface area contributed by atoms with E-state index in [1.165, 1.54) is 11.0 Å². The van der Waals surface area contributed by atoms with Gasteiger partial charge in [0, 0.05) is 19.2 Å². The molecule has 1 aromatic rings. The number of aliphatic carboxylic acids is 1. The van der Waals surface area contributed by atoms with Gasteiger partial charge in [-0.3, -0.25) is 9.59 Å². The van der Waals surface area contributed by atoms with Crippen molar-refractivity contribution >= 4 is 11.9 Å². The number of carbonyl (C=O) groups is 2. The Labute approximate surface area is 115 Å². The Bertz CT molecular complexity index is 547. The molecule has 0 aromatic heterocycles. The zero-order valence-electron chi connectivity index (χ0n) is 11.0. The van der Waals surface area contributed by atoms with Gasteiger partial charge in [0.25, 0.3) is 0 Å². The molecule has 1 N–H and O–H groups in total. The van der Waals surface area contributed by atoms with Gasteiger partial charge >= 0.3 is 5.97 Å². The largest absolute Gasteiger partial charge is 0.481 e. The number of carboxylic acid groups (broad SMARTS) is 1. The van der Waals surface area contributed by atoms with Crippen molar-refractivity contribution in [1.82, 2.24) is 4.90 Å². The summed E-state index contributed by atoms with van der Waals surface area (Å²) in [5.41, 5.74) is 0.114. The highest BCUT2D eigenvalue weighted by Crippen LogP contribution is 2.24. The summed E-state index contributed by atoms with van der Waals surface area (Å²) in [6, 6.07) is 3.06. The lowest BCUT2D eigenvalue weighted by atomic mass is 9.99. The molecule has 1 amide bonds. The summed E-state index contributed by atoms with van der Waals surface area (Å²) in [5, 5.41) is 9.01. The number of benzene rings is 1. The number of likely N-dealkylation sites (tertiary alicyclic amines) is 1. The minimum atomic E-state index is -0.930. The molecule has 1 aliphatic heterocycles. The molecule has 2 rings (SSSR count). The fourth-order valence-electron chi connectivity index (χ4n) is 2.43. The Balaban J connectivity index is 2.04. The molecule has 108 valence electrons. The number of halogens is 2. The molecular weight excluding hydrogens is 268 g/mol. The van der Waals surface area contributed by atoms with Crippen molar-refractivity contribution in [2.45, 2.75) is 13.3 Å². The third-order valence-electron chi connectivity index (χ3n) is 3.64. The second-order valence-electron chi connectivity index (χ2n) is 5.13. The molecule has 0 radical (unpaired) electrons. The van der Waals surface area contributed by atoms with Crippen LogP contribution in [0.3, 0.4) is 0 Å². The first kappa shape index (κ1) is 14.4. The molecule has 0 spiro atoms. The number of carbonyl (C=O) groups excluding carboxylic acids is 1. The zero-order valence-corrected chi connectivity index (χ0v) is 11.0. The second kappa shape index (κ2) is 5.56. The minimum absolute atomic E-state index is 0.114. The Morgan fingerprint density at radius 3 is 2.60 bits per heavy atom. The van der Waals surface area contributed by atoms with Gasteiger partial charge < -0.3 is 10.0 Å². The number of nitrogens with zero attached hydrogens (tertiary/aromatic N) is 1. The lowest BCUT2D eigenvalue weighted by molar-refractivity contribution is -0.142. The standard InChI is InChI=1S/C14H15F2NO3/c1-8-6-17(7-11(8)14(19)20)13(18)4-9-2-3-10(15)5-12(9)16/h2-3,5,8,11H,4,6-7H2,1H3,(H,19,20)/t8-,11-/m1/s1. The van der Waals surface area contributed by atoms with Crippen molar-refractivity contribution in [3.8, 4) is 0 Å². The Morgan fingerprint density at radius 2 is 2.05 bits per heavy atom. The summed E-state index contributed by atoms with van der Waals surface area (Å²) in [4.78, 5) is 24.5. The Kier molecular flexibility index (Phi) is 4.01. The molecule has 1 heterocycles. The average Bonchev–Trinajstić information content (AvgIpc) is 2.75. The van der Waals surface area contributed by atoms with Crippen LogP contribution < -0.4 is 0 Å². The fraction of sp³-hybridized carbons (Fsp3) is 0.429. The topological polar surface area (TPSA) is 57.6 Å². The molecule has 0 saturated carbocycles. The minimum Gasteiger partial charge on any atom is -0.481 e. The second-order valence-corrected chi connectivity index (χ2v) is 5.13. The number of amides is 1. The van der Waals surface area contributed by atoms with E-state index < -0.39 is 23.5 Å². The number of rotatable bonds is 3. The van der Waals surface area contributed by atoms with E-state index in [1.807, 2.05) is 0 Å². The fourth-order valence-corrected chi connectivity index (χ4v) is 2.43. The van der Waals surface area contributed by atoms with Crippen molar-refractivity contribution in [3.05, 3.63) is 35.4 Å². The molecule has 0 bridgehead atoms. The molecule has 1 aromatic carbocycles. The van der Waals surface area contributed by atoms with Gasteiger partial charge in [-0.05, 0) is 17.5 Å². The summed E-state index contributed by atoms with van der Waals surface area (Å²) < 4.78 is 26.3. The maximum absolute atomic E-state index is 13.5. The molecule has 4 nitrogen and oxygen atoms in total. The summed E-state index contributed by atoms with van der Waals surface area (Å²) in [6.45, 7) is 2.25. The number of carboxylic acids is 1. The quantitative estimate of drug-likeness (QED) is 0.918. The Morgan fingerprint density at radius 1 is 1.35 bits per heavy atom. The van der Waals surface area contributed by atoms with E-state index in [-0.39, 0.29) is 30.4 Å². The third-order valence-corrected chi connectivity index (χ3v) is 3.64. The van der Waals surface area contributed by atoms with E-state index in [4.69, 9.17) is 5.11 Å². The van der Waals surface area contributed by atoms with Crippen molar-refractivity contribution in [1.29, 1.82) is 0 Å². The van der Waals surface area contributed by atoms with E-state index in [2.05, 4.69) is 0 Å². The van der Waals surface area contributed by atoms with E-state index in [0.717, 1.165) is 12.1 Å². The van der Waals surface area contributed by atoms with Crippen LogP contribution in [-0.2, 0) is 16.0 Å². The SMILES string of the molecule is C[C@@H]1CN(C(=O)Cc2ccc(F)cc2F)C[C@H]1C(=O)O. The highest BCUT2D eigenvalue weighted by Gasteiger charge is 2.36. The zero-order chi connectivity index (χ0) is 14.9. The lowest BCUT2D eigenvalue weighted by Gasteiger charge is -2.16. The lowest BCUT2D eigenvalue weighted by Crippen LogP contribution is -2.31. The van der Waals surface area contributed by atoms with Crippen LogP contribution in [0.15, 0.2) is 18.2 Å². The van der Waals surface area contributed by atoms with Gasteiger partial charge in [-0.25, -0.2) is 8.78 Å². The van der Waals surface area contributed by atoms with Gasteiger partial charge in [0.1, 0.15) is 11.6 Å². The van der Waals surface area contributed by atoms with Crippen LogP contribution in [0.2, 0.25) is 0 Å². The van der Waals surface area contributed by atoms with Crippen LogP contribution in [0.5, 0.6) is 0 Å². The van der Waals surface area contributed by atoms with Crippen molar-refractivity contribution < 1.29 is 23.5 Å². The molecular formula is C14H15F2NO3. The van der Waals surface area contributed by atoms with Crippen molar-refractivity contribution in [3.63, 3.8) is 0 Å². The average molecular weight is 283 g/mol. The monoisotopic (exact) mass is 283 g/mol. The van der Waals surface area contributed by atoms with Crippen LogP contribution in [0.4, 0.5) is 8.78 Å². The first-order valence-electron chi connectivity index (χ1n) is 6.33. The summed E-state index contributed by atoms with van der Waals surface area (Å²) in [6.07, 6.45) is -0.189. The van der Waals surface area contributed by atoms with E-state index in [9.17, 15) is 18.4 Å². The van der Waals surface area contributed by atoms with Crippen LogP contribution >= 0.6 is 0 Å². The summed E-state index contributed by atoms with van der Waals surface area (Å²) >= 11 is 0. The van der Waals surface area contributed by atoms with E-state index in [0.29, 0.717) is 6.54 Å². The highest BCUT2D eigenvalue weighted by molar-refractivity contribution is 5.81. The van der Waals surface area contributed by atoms with Gasteiger partial charge in [-0.1, -0.05) is 13.0 Å². The van der Waals surface area contributed by atoms with E-state index in [1.54, 1.807) is 6.92 Å². The van der Waals surface area contributed by atoms with Crippen molar-refractivity contribution in [2.75, 3.05) is 13.1 Å². The predicted molar refractivity (Wildman–Crippen MR) is 66.9 cm³/mol. The van der Waals surface area contributed by atoms with Gasteiger partial charge in [0.05, 0.1) is 12.3 Å². The maximum atomic E-state index is 13.5. The predicted octanol–water partition coefficient (Wildman–Crippen LogP) is 1.69. The van der Waals surface area contributed by atoms with Crippen LogP contribution in [0, 0.1) is 23.5 Å². The highest BCUT2D eigenvalue weighted by atomic mass is 19.1. The molecule has 1 aliphatic rings. The molecule has 1 fully saturated rings. The molecule has 2 atom stereocenters. The molecule has 1 saturated heterocycles. The Hall–Kier alpha value is -1.98. The first-order chi connectivity index (χ1) is 9.38. The van der Waals surface area contributed by atoms with E-state index >= 15 is 0 Å². The van der Waals surface area contributed by atoms with Crippen LogP contribution in [0.1, 0.15) is 12.5 Å². The van der Waals surface area contributed by atoms with Gasteiger partial charge in [-0.15, -0.1) is 0 Å². The molecule has 6 heteroatoms. The van der Waals surface area contributed by atoms with Gasteiger partial charge in [0.2, 0.25) is 5.91 Å². The van der Waals surface area contributed by atoms with Crippen LogP contribution in [-0.4, -0.2) is 35.0 Å². The third kappa shape index (κ3) is 2.95. The number of hydrogen-bond donors (Lipinski definition) is 1. The molecule has 0 unspecified atom stereocenters. The van der Waals surface area contributed by atoms with Crippen molar-refractivity contribution in [2.24, 2.45) is 11.8 Å². The summed E-state index contributed by atoms with van der Waals surface area (Å²) in [5.74, 6) is -3.45.